The summed E-state index contributed by atoms with van der Waals surface area (Å²) >= 11 is 7.08. The summed E-state index contributed by atoms with van der Waals surface area (Å²) in [5.74, 6) is -1.66. The van der Waals surface area contributed by atoms with E-state index in [0.717, 1.165) is 16.3 Å². The highest BCUT2D eigenvalue weighted by atomic mass is 35.5. The number of nitro groups is 1. The zero-order valence-corrected chi connectivity index (χ0v) is 17.6. The molecule has 2 N–H and O–H groups in total. The van der Waals surface area contributed by atoms with E-state index < -0.39 is 16.7 Å². The first-order valence-corrected chi connectivity index (χ1v) is 10.3. The Balaban J connectivity index is 1.43. The van der Waals surface area contributed by atoms with Crippen LogP contribution in [0.3, 0.4) is 0 Å². The molecule has 0 spiro atoms. The molecule has 0 bridgehead atoms. The van der Waals surface area contributed by atoms with Crippen molar-refractivity contribution in [3.05, 3.63) is 87.1 Å². The lowest BCUT2D eigenvalue weighted by Gasteiger charge is -2.02. The fourth-order valence-corrected chi connectivity index (χ4v) is 3.72. The highest BCUT2D eigenvalue weighted by Gasteiger charge is 2.17. The van der Waals surface area contributed by atoms with E-state index in [1.807, 2.05) is 0 Å². The molecule has 4 aromatic rings. The fraction of sp³-hybridized carbons (Fsp3) is 0. The molecule has 0 aliphatic rings. The van der Waals surface area contributed by atoms with E-state index in [4.69, 9.17) is 16.0 Å². The summed E-state index contributed by atoms with van der Waals surface area (Å²) in [5.41, 5.74) is 1.92. The van der Waals surface area contributed by atoms with E-state index in [9.17, 15) is 19.7 Å². The second kappa shape index (κ2) is 9.00. The van der Waals surface area contributed by atoms with E-state index in [0.29, 0.717) is 21.4 Å². The van der Waals surface area contributed by atoms with Gasteiger partial charge < -0.3 is 9.73 Å². The molecule has 0 saturated heterocycles. The molecule has 160 valence electrons. The van der Waals surface area contributed by atoms with Crippen molar-refractivity contribution in [3.8, 4) is 0 Å². The molecular weight excluding hydrogens is 456 g/mol. The Morgan fingerprint density at radius 3 is 2.59 bits per heavy atom. The predicted octanol–water partition coefficient (Wildman–Crippen LogP) is 5.36. The first-order valence-electron chi connectivity index (χ1n) is 9.08. The number of amides is 2. The van der Waals surface area contributed by atoms with Crippen LogP contribution in [-0.4, -0.2) is 21.7 Å². The topological polar surface area (TPSA) is 127 Å². The van der Waals surface area contributed by atoms with Gasteiger partial charge in [-0.25, -0.2) is 4.98 Å². The van der Waals surface area contributed by atoms with Crippen LogP contribution < -0.4 is 10.6 Å². The van der Waals surface area contributed by atoms with Gasteiger partial charge in [-0.3, -0.25) is 25.0 Å². The number of hydrogen-bond donors (Lipinski definition) is 2. The highest BCUT2D eigenvalue weighted by Crippen LogP contribution is 2.29. The molecule has 0 atom stereocenters. The van der Waals surface area contributed by atoms with Crippen molar-refractivity contribution < 1.29 is 18.9 Å². The van der Waals surface area contributed by atoms with Gasteiger partial charge in [0.05, 0.1) is 16.3 Å². The predicted molar refractivity (Wildman–Crippen MR) is 122 cm³/mol. The average Bonchev–Trinajstić information content (AvgIpc) is 3.40. The van der Waals surface area contributed by atoms with Crippen LogP contribution in [0.4, 0.5) is 16.7 Å². The fourth-order valence-electron chi connectivity index (χ4n) is 2.69. The number of hydrogen-bond acceptors (Lipinski definition) is 7. The maximum absolute atomic E-state index is 12.2. The van der Waals surface area contributed by atoms with Crippen molar-refractivity contribution in [2.45, 2.75) is 0 Å². The third kappa shape index (κ3) is 4.99. The Hall–Kier alpha value is -4.02. The number of nitrogens with one attached hydrogen (secondary N) is 2. The number of thiazole rings is 1. The Kier molecular flexibility index (Phi) is 5.97. The minimum Gasteiger partial charge on any atom is -0.395 e. The highest BCUT2D eigenvalue weighted by molar-refractivity contribution is 7.22. The minimum absolute atomic E-state index is 0.179. The quantitative estimate of drug-likeness (QED) is 0.223. The number of carbonyl (C=O) groups is 2. The SMILES string of the molecule is O=C(/C=C/c1ccc(Cl)cc1)Nc1nc2ccc(NC(=O)c3ccc([N+](=O)[O-])o3)cc2s1. The lowest BCUT2D eigenvalue weighted by atomic mass is 10.2. The van der Waals surface area contributed by atoms with E-state index in [1.54, 1.807) is 48.5 Å². The third-order valence-corrected chi connectivity index (χ3v) is 5.35. The summed E-state index contributed by atoms with van der Waals surface area (Å²) in [6.45, 7) is 0. The number of benzene rings is 2. The molecule has 0 aliphatic heterocycles. The summed E-state index contributed by atoms with van der Waals surface area (Å²) in [7, 11) is 0. The summed E-state index contributed by atoms with van der Waals surface area (Å²) in [4.78, 5) is 38.7. The number of fused-ring (bicyclic) bond motifs is 1. The molecule has 32 heavy (non-hydrogen) atoms. The smallest absolute Gasteiger partial charge is 0.395 e. The van der Waals surface area contributed by atoms with E-state index in [2.05, 4.69) is 15.6 Å². The molecule has 2 aromatic heterocycles. The maximum atomic E-state index is 12.2. The van der Waals surface area contributed by atoms with Crippen LogP contribution in [0.5, 0.6) is 0 Å². The van der Waals surface area contributed by atoms with E-state index in [-0.39, 0.29) is 11.7 Å². The molecule has 11 heteroatoms. The van der Waals surface area contributed by atoms with E-state index in [1.165, 1.54) is 23.5 Å². The molecule has 9 nitrogen and oxygen atoms in total. The number of aromatic nitrogens is 1. The Labute approximate surface area is 189 Å². The Morgan fingerprint density at radius 1 is 1.09 bits per heavy atom. The van der Waals surface area contributed by atoms with Crippen LogP contribution in [-0.2, 0) is 4.79 Å². The Morgan fingerprint density at radius 2 is 1.88 bits per heavy atom. The minimum atomic E-state index is -0.722. The molecule has 0 aliphatic carbocycles. The molecule has 0 unspecified atom stereocenters. The van der Waals surface area contributed by atoms with Crippen LogP contribution in [0.2, 0.25) is 5.02 Å². The molecule has 0 saturated carbocycles. The van der Waals surface area contributed by atoms with Gasteiger partial charge in [-0.1, -0.05) is 35.1 Å². The molecule has 0 fully saturated rings. The zero-order valence-electron chi connectivity index (χ0n) is 16.1. The first kappa shape index (κ1) is 21.2. The van der Waals surface area contributed by atoms with Crippen LogP contribution >= 0.6 is 22.9 Å². The maximum Gasteiger partial charge on any atom is 0.433 e. The third-order valence-electron chi connectivity index (χ3n) is 4.17. The molecule has 2 heterocycles. The van der Waals surface area contributed by atoms with Crippen LogP contribution in [0.15, 0.2) is 65.1 Å². The van der Waals surface area contributed by atoms with Crippen LogP contribution in [0, 0.1) is 10.1 Å². The monoisotopic (exact) mass is 468 g/mol. The summed E-state index contributed by atoms with van der Waals surface area (Å²) in [6.07, 6.45) is 3.05. The van der Waals surface area contributed by atoms with Gasteiger partial charge in [-0.15, -0.1) is 0 Å². The van der Waals surface area contributed by atoms with Crippen molar-refractivity contribution in [1.29, 1.82) is 0 Å². The Bertz CT molecular complexity index is 1360. The first-order chi connectivity index (χ1) is 15.4. The van der Waals surface area contributed by atoms with Crippen LogP contribution in [0.25, 0.3) is 16.3 Å². The molecule has 2 amide bonds. The standard InChI is InChI=1S/C21H13ClN4O5S/c22-13-4-1-12(2-5-13)3-9-18(27)25-21-24-15-7-6-14(11-17(15)32-21)23-20(28)16-8-10-19(31-16)26(29)30/h1-11H,(H,23,28)(H,24,25,27)/b9-3+. The number of rotatable bonds is 6. The van der Waals surface area contributed by atoms with Gasteiger partial charge in [0, 0.05) is 16.8 Å². The molecule has 0 radical (unpaired) electrons. The summed E-state index contributed by atoms with van der Waals surface area (Å²) < 4.78 is 5.62. The van der Waals surface area contributed by atoms with Gasteiger partial charge >= 0.3 is 5.88 Å². The number of nitrogens with zero attached hydrogens (tertiary/aromatic N) is 2. The molecule has 2 aromatic carbocycles. The van der Waals surface area contributed by atoms with Gasteiger partial charge in [0.2, 0.25) is 5.91 Å². The van der Waals surface area contributed by atoms with E-state index >= 15 is 0 Å². The normalized spacial score (nSPS) is 11.0. The van der Waals surface area contributed by atoms with Crippen molar-refractivity contribution in [3.63, 3.8) is 0 Å². The van der Waals surface area contributed by atoms with Gasteiger partial charge in [-0.05, 0) is 48.0 Å². The van der Waals surface area contributed by atoms with Crippen molar-refractivity contribution >= 4 is 67.7 Å². The van der Waals surface area contributed by atoms with Crippen molar-refractivity contribution in [2.75, 3.05) is 10.6 Å². The zero-order chi connectivity index (χ0) is 22.7. The van der Waals surface area contributed by atoms with Gasteiger partial charge in [-0.2, -0.15) is 0 Å². The van der Waals surface area contributed by atoms with Crippen molar-refractivity contribution in [2.24, 2.45) is 0 Å². The number of furan rings is 1. The number of anilines is 2. The number of carbonyl (C=O) groups excluding carboxylic acids is 2. The lowest BCUT2D eigenvalue weighted by molar-refractivity contribution is -0.402. The van der Waals surface area contributed by atoms with Gasteiger partial charge in [0.1, 0.15) is 4.92 Å². The summed E-state index contributed by atoms with van der Waals surface area (Å²) in [5, 5.41) is 17.0. The number of halogens is 1. The lowest BCUT2D eigenvalue weighted by Crippen LogP contribution is -2.10. The van der Waals surface area contributed by atoms with Gasteiger partial charge in [0.25, 0.3) is 5.91 Å². The van der Waals surface area contributed by atoms with Crippen molar-refractivity contribution in [1.82, 2.24) is 4.98 Å². The van der Waals surface area contributed by atoms with Crippen LogP contribution in [0.1, 0.15) is 16.1 Å². The molecular formula is C21H13ClN4O5S. The average molecular weight is 469 g/mol. The largest absolute Gasteiger partial charge is 0.433 e. The van der Waals surface area contributed by atoms with Gasteiger partial charge in [0.15, 0.2) is 10.9 Å². The second-order valence-electron chi connectivity index (χ2n) is 6.42. The summed E-state index contributed by atoms with van der Waals surface area (Å²) in [6, 6.07) is 14.4. The molecule has 4 rings (SSSR count). The second-order valence-corrected chi connectivity index (χ2v) is 7.89.